The van der Waals surface area contributed by atoms with E-state index in [4.69, 9.17) is 10.8 Å². The minimum Gasteiger partial charge on any atom is -0.395 e. The van der Waals surface area contributed by atoms with Gasteiger partial charge in [-0.3, -0.25) is 4.90 Å². The summed E-state index contributed by atoms with van der Waals surface area (Å²) < 4.78 is 0. The van der Waals surface area contributed by atoms with Gasteiger partial charge in [0.15, 0.2) is 5.13 Å². The molecule has 3 N–H and O–H groups in total. The van der Waals surface area contributed by atoms with Gasteiger partial charge < -0.3 is 10.8 Å². The van der Waals surface area contributed by atoms with E-state index in [9.17, 15) is 0 Å². The van der Waals surface area contributed by atoms with E-state index in [2.05, 4.69) is 9.88 Å². The van der Waals surface area contributed by atoms with Gasteiger partial charge in [-0.25, -0.2) is 4.98 Å². The Hall–Kier alpha value is -0.360. The van der Waals surface area contributed by atoms with Gasteiger partial charge in [-0.15, -0.1) is 23.7 Å². The molecule has 2 rings (SSSR count). The van der Waals surface area contributed by atoms with Gasteiger partial charge in [0, 0.05) is 30.2 Å². The number of nitrogen functional groups attached to an aromatic ring is 1. The van der Waals surface area contributed by atoms with E-state index >= 15 is 0 Å². The quantitative estimate of drug-likeness (QED) is 0.845. The van der Waals surface area contributed by atoms with E-state index in [1.54, 1.807) is 0 Å². The van der Waals surface area contributed by atoms with Gasteiger partial charge in [0.25, 0.3) is 0 Å². The van der Waals surface area contributed by atoms with Gasteiger partial charge in [0.2, 0.25) is 0 Å². The van der Waals surface area contributed by atoms with Crippen molar-refractivity contribution >= 4 is 28.9 Å². The summed E-state index contributed by atoms with van der Waals surface area (Å²) in [5.41, 5.74) is 5.59. The SMILES string of the molecule is Cl.Nc1ncc(CN(CCO)C2CCC2)s1. The van der Waals surface area contributed by atoms with Crippen molar-refractivity contribution in [3.8, 4) is 0 Å². The molecule has 1 aromatic rings. The summed E-state index contributed by atoms with van der Waals surface area (Å²) in [6.07, 6.45) is 5.67. The smallest absolute Gasteiger partial charge is 0.180 e. The third-order valence-electron chi connectivity index (χ3n) is 2.91. The normalized spacial score (nSPS) is 15.9. The summed E-state index contributed by atoms with van der Waals surface area (Å²) in [5.74, 6) is 0. The molecule has 1 fully saturated rings. The van der Waals surface area contributed by atoms with Crippen LogP contribution in [-0.2, 0) is 6.54 Å². The van der Waals surface area contributed by atoms with Crippen molar-refractivity contribution in [3.63, 3.8) is 0 Å². The van der Waals surface area contributed by atoms with Crippen LogP contribution in [0.25, 0.3) is 0 Å². The molecule has 4 nitrogen and oxygen atoms in total. The second-order valence-corrected chi connectivity index (χ2v) is 5.09. The second kappa shape index (κ2) is 6.39. The molecular weight excluding hydrogens is 246 g/mol. The van der Waals surface area contributed by atoms with Gasteiger partial charge in [-0.1, -0.05) is 6.42 Å². The molecule has 0 spiro atoms. The molecule has 16 heavy (non-hydrogen) atoms. The van der Waals surface area contributed by atoms with Crippen LogP contribution < -0.4 is 5.73 Å². The molecule has 1 aliphatic carbocycles. The minimum absolute atomic E-state index is 0. The van der Waals surface area contributed by atoms with Crippen molar-refractivity contribution in [1.29, 1.82) is 0 Å². The molecule has 0 amide bonds. The predicted octanol–water partition coefficient (Wildman–Crippen LogP) is 1.49. The Labute approximate surface area is 106 Å². The number of aliphatic hydroxyl groups is 1. The van der Waals surface area contributed by atoms with Gasteiger partial charge >= 0.3 is 0 Å². The number of rotatable bonds is 5. The van der Waals surface area contributed by atoms with Crippen molar-refractivity contribution in [2.45, 2.75) is 31.8 Å². The number of hydrogen-bond donors (Lipinski definition) is 2. The third-order valence-corrected chi connectivity index (χ3v) is 3.72. The van der Waals surface area contributed by atoms with Crippen molar-refractivity contribution in [1.82, 2.24) is 9.88 Å². The average molecular weight is 264 g/mol. The van der Waals surface area contributed by atoms with Crippen LogP contribution in [-0.4, -0.2) is 34.2 Å². The highest BCUT2D eigenvalue weighted by atomic mass is 35.5. The summed E-state index contributed by atoms with van der Waals surface area (Å²) >= 11 is 1.54. The zero-order valence-corrected chi connectivity index (χ0v) is 10.8. The van der Waals surface area contributed by atoms with Crippen molar-refractivity contribution < 1.29 is 5.11 Å². The Morgan fingerprint density at radius 3 is 2.75 bits per heavy atom. The molecule has 6 heteroatoms. The lowest BCUT2D eigenvalue weighted by atomic mass is 9.91. The maximum absolute atomic E-state index is 9.01. The fourth-order valence-corrected chi connectivity index (χ4v) is 2.58. The molecule has 92 valence electrons. The lowest BCUT2D eigenvalue weighted by Gasteiger charge is -2.36. The molecule has 0 aliphatic heterocycles. The summed E-state index contributed by atoms with van der Waals surface area (Å²) in [5, 5.41) is 9.64. The molecule has 0 radical (unpaired) electrons. The van der Waals surface area contributed by atoms with Crippen molar-refractivity contribution in [3.05, 3.63) is 11.1 Å². The Kier molecular flexibility index (Phi) is 5.48. The summed E-state index contributed by atoms with van der Waals surface area (Å²) in [4.78, 5) is 7.56. The summed E-state index contributed by atoms with van der Waals surface area (Å²) in [6, 6.07) is 0.653. The van der Waals surface area contributed by atoms with E-state index in [0.29, 0.717) is 11.2 Å². The first kappa shape index (κ1) is 13.7. The Balaban J connectivity index is 0.00000128. The minimum atomic E-state index is 0. The number of halogens is 1. The van der Waals surface area contributed by atoms with E-state index in [1.165, 1.54) is 35.5 Å². The topological polar surface area (TPSA) is 62.4 Å². The molecule has 0 unspecified atom stereocenters. The predicted molar refractivity (Wildman–Crippen MR) is 68.9 cm³/mol. The van der Waals surface area contributed by atoms with Gasteiger partial charge in [0.05, 0.1) is 6.61 Å². The molecule has 1 aromatic heterocycles. The van der Waals surface area contributed by atoms with Crippen LogP contribution in [0.3, 0.4) is 0 Å². The van der Waals surface area contributed by atoms with Gasteiger partial charge in [0.1, 0.15) is 0 Å². The van der Waals surface area contributed by atoms with E-state index < -0.39 is 0 Å². The van der Waals surface area contributed by atoms with Gasteiger partial charge in [-0.2, -0.15) is 0 Å². The highest BCUT2D eigenvalue weighted by Crippen LogP contribution is 2.27. The zero-order valence-electron chi connectivity index (χ0n) is 9.13. The highest BCUT2D eigenvalue weighted by Gasteiger charge is 2.24. The fourth-order valence-electron chi connectivity index (χ4n) is 1.87. The van der Waals surface area contributed by atoms with Crippen LogP contribution >= 0.6 is 23.7 Å². The molecule has 0 saturated heterocycles. The highest BCUT2D eigenvalue weighted by molar-refractivity contribution is 7.15. The molecular formula is C10H18ClN3OS. The fraction of sp³-hybridized carbons (Fsp3) is 0.700. The zero-order chi connectivity index (χ0) is 10.7. The number of nitrogens with zero attached hydrogens (tertiary/aromatic N) is 2. The Bertz CT molecular complexity index is 317. The maximum Gasteiger partial charge on any atom is 0.180 e. The first-order valence-corrected chi connectivity index (χ1v) is 6.16. The van der Waals surface area contributed by atoms with E-state index in [-0.39, 0.29) is 19.0 Å². The third kappa shape index (κ3) is 3.31. The van der Waals surface area contributed by atoms with Crippen LogP contribution in [0.2, 0.25) is 0 Å². The number of aromatic nitrogens is 1. The molecule has 0 bridgehead atoms. The number of nitrogens with two attached hydrogens (primary N) is 1. The first-order chi connectivity index (χ1) is 7.29. The largest absolute Gasteiger partial charge is 0.395 e. The van der Waals surface area contributed by atoms with Crippen LogP contribution in [0.5, 0.6) is 0 Å². The van der Waals surface area contributed by atoms with E-state index in [0.717, 1.165) is 13.1 Å². The average Bonchev–Trinajstić information content (AvgIpc) is 2.48. The lowest BCUT2D eigenvalue weighted by molar-refractivity contribution is 0.0955. The van der Waals surface area contributed by atoms with E-state index in [1.807, 2.05) is 6.20 Å². The number of thiazole rings is 1. The van der Waals surface area contributed by atoms with Crippen LogP contribution in [0.4, 0.5) is 5.13 Å². The summed E-state index contributed by atoms with van der Waals surface area (Å²) in [6.45, 7) is 1.85. The Morgan fingerprint density at radius 2 is 2.31 bits per heavy atom. The Morgan fingerprint density at radius 1 is 1.56 bits per heavy atom. The lowest BCUT2D eigenvalue weighted by Crippen LogP contribution is -2.41. The monoisotopic (exact) mass is 263 g/mol. The molecule has 0 aromatic carbocycles. The van der Waals surface area contributed by atoms with Crippen molar-refractivity contribution in [2.24, 2.45) is 0 Å². The van der Waals surface area contributed by atoms with Gasteiger partial charge in [-0.05, 0) is 12.8 Å². The van der Waals surface area contributed by atoms with Crippen LogP contribution in [0, 0.1) is 0 Å². The summed E-state index contributed by atoms with van der Waals surface area (Å²) in [7, 11) is 0. The second-order valence-electron chi connectivity index (χ2n) is 3.94. The number of hydrogen-bond acceptors (Lipinski definition) is 5. The van der Waals surface area contributed by atoms with Crippen LogP contribution in [0.15, 0.2) is 6.20 Å². The van der Waals surface area contributed by atoms with Crippen molar-refractivity contribution in [2.75, 3.05) is 18.9 Å². The number of anilines is 1. The first-order valence-electron chi connectivity index (χ1n) is 5.34. The molecule has 1 heterocycles. The standard InChI is InChI=1S/C10H17N3OS.ClH/c11-10-12-6-9(15-10)7-13(4-5-14)8-2-1-3-8;/h6,8,14H,1-5,7H2,(H2,11,12);1H. The molecule has 1 aliphatic rings. The van der Waals surface area contributed by atoms with Crippen LogP contribution in [0.1, 0.15) is 24.1 Å². The maximum atomic E-state index is 9.01. The molecule has 0 atom stereocenters. The molecule has 1 saturated carbocycles. The number of aliphatic hydroxyl groups excluding tert-OH is 1.